The minimum absolute atomic E-state index is 0.189. The summed E-state index contributed by atoms with van der Waals surface area (Å²) in [5.74, 6) is 0.499. The van der Waals surface area contributed by atoms with Gasteiger partial charge in [0, 0.05) is 11.6 Å². The average molecular weight is 277 g/mol. The van der Waals surface area contributed by atoms with Crippen LogP contribution < -0.4 is 5.73 Å². The molecule has 3 rings (SSSR count). The van der Waals surface area contributed by atoms with E-state index in [9.17, 15) is 4.39 Å². The molecule has 0 amide bonds. The third-order valence-corrected chi connectivity index (χ3v) is 3.86. The molecule has 2 N–H and O–H groups in total. The van der Waals surface area contributed by atoms with Gasteiger partial charge in [-0.3, -0.25) is 0 Å². The normalized spacial score (nSPS) is 26.1. The molecule has 0 radical (unpaired) electrons. The maximum Gasteiger partial charge on any atom is 0.236 e. The lowest BCUT2D eigenvalue weighted by molar-refractivity contribution is 0.169. The largest absolute Gasteiger partial charge is 0.379 e. The van der Waals surface area contributed by atoms with Crippen molar-refractivity contribution in [2.24, 2.45) is 5.73 Å². The Labute approximate surface area is 115 Å². The monoisotopic (exact) mass is 277 g/mol. The molecule has 2 atom stereocenters. The number of aromatic nitrogens is 2. The molecule has 1 aliphatic rings. The van der Waals surface area contributed by atoms with E-state index in [4.69, 9.17) is 15.0 Å². The molecule has 1 aromatic heterocycles. The number of hydrogen-bond acceptors (Lipinski definition) is 5. The Balaban J connectivity index is 1.96. The van der Waals surface area contributed by atoms with Crippen molar-refractivity contribution in [3.8, 4) is 11.4 Å². The van der Waals surface area contributed by atoms with Gasteiger partial charge >= 0.3 is 0 Å². The van der Waals surface area contributed by atoms with Gasteiger partial charge < -0.3 is 15.0 Å². The number of ether oxygens (including phenoxy) is 1. The van der Waals surface area contributed by atoms with Gasteiger partial charge in [0.2, 0.25) is 11.7 Å². The van der Waals surface area contributed by atoms with E-state index in [1.807, 2.05) is 6.92 Å². The van der Waals surface area contributed by atoms with Gasteiger partial charge in [0.05, 0.1) is 18.6 Å². The van der Waals surface area contributed by atoms with E-state index in [-0.39, 0.29) is 11.9 Å². The van der Waals surface area contributed by atoms with Crippen LogP contribution in [0.5, 0.6) is 0 Å². The first-order valence-corrected chi connectivity index (χ1v) is 6.45. The molecular weight excluding hydrogens is 261 g/mol. The molecule has 0 saturated carbocycles. The van der Waals surface area contributed by atoms with Gasteiger partial charge in [0.1, 0.15) is 5.82 Å². The van der Waals surface area contributed by atoms with Gasteiger partial charge in [0.25, 0.3) is 0 Å². The minimum atomic E-state index is -0.492. The van der Waals surface area contributed by atoms with Gasteiger partial charge in [-0.1, -0.05) is 17.3 Å². The number of halogens is 1. The second-order valence-electron chi connectivity index (χ2n) is 5.43. The fraction of sp³-hybridized carbons (Fsp3) is 0.429. The summed E-state index contributed by atoms with van der Waals surface area (Å²) in [6.45, 7) is 4.54. The van der Waals surface area contributed by atoms with Crippen LogP contribution in [0.15, 0.2) is 22.7 Å². The van der Waals surface area contributed by atoms with Crippen LogP contribution in [0, 0.1) is 12.7 Å². The van der Waals surface area contributed by atoms with Gasteiger partial charge in [-0.05, 0) is 25.5 Å². The molecule has 106 valence electrons. The molecule has 5 nitrogen and oxygen atoms in total. The van der Waals surface area contributed by atoms with Crippen LogP contribution in [-0.4, -0.2) is 29.4 Å². The molecular formula is C14H16FN3O2. The van der Waals surface area contributed by atoms with E-state index < -0.39 is 5.41 Å². The molecule has 0 bridgehead atoms. The number of benzene rings is 1. The van der Waals surface area contributed by atoms with E-state index in [0.717, 1.165) is 0 Å². The lowest BCUT2D eigenvalue weighted by Gasteiger charge is -2.21. The van der Waals surface area contributed by atoms with Crippen LogP contribution in [0.2, 0.25) is 0 Å². The fourth-order valence-corrected chi connectivity index (χ4v) is 2.21. The number of aryl methyl sites for hydroxylation is 1. The summed E-state index contributed by atoms with van der Waals surface area (Å²) >= 11 is 0. The van der Waals surface area contributed by atoms with E-state index >= 15 is 0 Å². The Bertz CT molecular complexity index is 643. The number of nitrogens with zero attached hydrogens (tertiary/aromatic N) is 2. The SMILES string of the molecule is Cc1ccc(-c2noc(C3(C)COCC3N)n2)cc1F. The van der Waals surface area contributed by atoms with E-state index in [0.29, 0.717) is 36.1 Å². The van der Waals surface area contributed by atoms with Crippen LogP contribution in [0.3, 0.4) is 0 Å². The van der Waals surface area contributed by atoms with Gasteiger partial charge in [-0.25, -0.2) is 4.39 Å². The molecule has 20 heavy (non-hydrogen) atoms. The van der Waals surface area contributed by atoms with Crippen molar-refractivity contribution in [2.45, 2.75) is 25.3 Å². The topological polar surface area (TPSA) is 74.2 Å². The second-order valence-corrected chi connectivity index (χ2v) is 5.43. The lowest BCUT2D eigenvalue weighted by atomic mass is 9.86. The predicted molar refractivity (Wildman–Crippen MR) is 70.6 cm³/mol. The van der Waals surface area contributed by atoms with E-state index in [2.05, 4.69) is 10.1 Å². The number of rotatable bonds is 2. The van der Waals surface area contributed by atoms with E-state index in [1.165, 1.54) is 6.07 Å². The minimum Gasteiger partial charge on any atom is -0.379 e. The van der Waals surface area contributed by atoms with Crippen LogP contribution in [0.1, 0.15) is 18.4 Å². The molecule has 1 fully saturated rings. The predicted octanol–water partition coefficient (Wildman–Crippen LogP) is 1.80. The maximum atomic E-state index is 13.6. The van der Waals surface area contributed by atoms with Crippen molar-refractivity contribution in [1.29, 1.82) is 0 Å². The third kappa shape index (κ3) is 2.01. The number of nitrogens with two attached hydrogens (primary N) is 1. The summed E-state index contributed by atoms with van der Waals surface area (Å²) in [6, 6.07) is 4.66. The van der Waals surface area contributed by atoms with Crippen molar-refractivity contribution in [3.63, 3.8) is 0 Å². The summed E-state index contributed by atoms with van der Waals surface area (Å²) in [4.78, 5) is 4.35. The maximum absolute atomic E-state index is 13.6. The first-order chi connectivity index (χ1) is 9.50. The highest BCUT2D eigenvalue weighted by atomic mass is 19.1. The van der Waals surface area contributed by atoms with Gasteiger partial charge in [-0.15, -0.1) is 0 Å². The first-order valence-electron chi connectivity index (χ1n) is 6.45. The standard InChI is InChI=1S/C14H16FN3O2/c1-8-3-4-9(5-10(8)15)12-17-13(20-18-12)14(2)7-19-6-11(14)16/h3-5,11H,6-7,16H2,1-2H3. The molecule has 1 saturated heterocycles. The Morgan fingerprint density at radius 1 is 1.45 bits per heavy atom. The zero-order valence-electron chi connectivity index (χ0n) is 11.4. The molecule has 1 aromatic carbocycles. The molecule has 1 aliphatic heterocycles. The van der Waals surface area contributed by atoms with Gasteiger partial charge in [-0.2, -0.15) is 4.98 Å². The summed E-state index contributed by atoms with van der Waals surface area (Å²) in [6.07, 6.45) is 0. The second kappa shape index (κ2) is 4.64. The van der Waals surface area contributed by atoms with E-state index in [1.54, 1.807) is 19.1 Å². The summed E-state index contributed by atoms with van der Waals surface area (Å²) < 4.78 is 24.3. The molecule has 0 spiro atoms. The molecule has 2 heterocycles. The van der Waals surface area contributed by atoms with Crippen LogP contribution in [0.25, 0.3) is 11.4 Å². The summed E-state index contributed by atoms with van der Waals surface area (Å²) in [7, 11) is 0. The van der Waals surface area contributed by atoms with Crippen LogP contribution in [0.4, 0.5) is 4.39 Å². The fourth-order valence-electron chi connectivity index (χ4n) is 2.21. The zero-order chi connectivity index (χ0) is 14.3. The van der Waals surface area contributed by atoms with Crippen molar-refractivity contribution < 1.29 is 13.7 Å². The highest BCUT2D eigenvalue weighted by Crippen LogP contribution is 2.32. The van der Waals surface area contributed by atoms with Crippen molar-refractivity contribution in [2.75, 3.05) is 13.2 Å². The summed E-state index contributed by atoms with van der Waals surface area (Å²) in [5.41, 5.74) is 6.69. The number of hydrogen-bond donors (Lipinski definition) is 1. The highest BCUT2D eigenvalue weighted by molar-refractivity contribution is 5.55. The third-order valence-electron chi connectivity index (χ3n) is 3.86. The van der Waals surface area contributed by atoms with Crippen molar-refractivity contribution >= 4 is 0 Å². The van der Waals surface area contributed by atoms with Crippen LogP contribution in [-0.2, 0) is 10.2 Å². The zero-order valence-corrected chi connectivity index (χ0v) is 11.4. The Morgan fingerprint density at radius 2 is 2.25 bits per heavy atom. The molecule has 2 unspecified atom stereocenters. The highest BCUT2D eigenvalue weighted by Gasteiger charge is 2.44. The van der Waals surface area contributed by atoms with Crippen LogP contribution >= 0.6 is 0 Å². The molecule has 0 aliphatic carbocycles. The smallest absolute Gasteiger partial charge is 0.236 e. The Kier molecular flexibility index (Phi) is 3.07. The molecule has 2 aromatic rings. The summed E-state index contributed by atoms with van der Waals surface area (Å²) in [5, 5.41) is 3.92. The quantitative estimate of drug-likeness (QED) is 0.906. The van der Waals surface area contributed by atoms with Crippen molar-refractivity contribution in [3.05, 3.63) is 35.5 Å². The average Bonchev–Trinajstić information content (AvgIpc) is 3.02. The Morgan fingerprint density at radius 3 is 2.90 bits per heavy atom. The molecule has 6 heteroatoms. The Hall–Kier alpha value is -1.79. The van der Waals surface area contributed by atoms with Gasteiger partial charge in [0.15, 0.2) is 0 Å². The first kappa shape index (κ1) is 13.2. The van der Waals surface area contributed by atoms with Crippen molar-refractivity contribution in [1.82, 2.24) is 10.1 Å². The lowest BCUT2D eigenvalue weighted by Crippen LogP contribution is -2.42.